The van der Waals surface area contributed by atoms with E-state index in [0.717, 1.165) is 24.1 Å². The first-order valence-corrected chi connectivity index (χ1v) is 7.98. The van der Waals surface area contributed by atoms with Gasteiger partial charge in [0, 0.05) is 11.9 Å². The number of thiophene rings is 1. The van der Waals surface area contributed by atoms with Crippen molar-refractivity contribution in [3.05, 3.63) is 56.8 Å². The Morgan fingerprint density at radius 3 is 2.50 bits per heavy atom. The number of carbonyl (C=O) groups excluding carboxylic acids is 1. The molecule has 2 nitrogen and oxygen atoms in total. The summed E-state index contributed by atoms with van der Waals surface area (Å²) in [7, 11) is 1.68. The lowest BCUT2D eigenvalue weighted by molar-refractivity contribution is 0.0747. The molecule has 0 N–H and O–H groups in total. The van der Waals surface area contributed by atoms with Gasteiger partial charge in [-0.3, -0.25) is 4.79 Å². The van der Waals surface area contributed by atoms with Crippen LogP contribution in [0.3, 0.4) is 0 Å². The highest BCUT2D eigenvalue weighted by molar-refractivity contribution is 7.14. The van der Waals surface area contributed by atoms with Crippen LogP contribution in [0.25, 0.3) is 0 Å². The van der Waals surface area contributed by atoms with E-state index < -0.39 is 11.6 Å². The molecule has 1 aromatic carbocycles. The van der Waals surface area contributed by atoms with Crippen LogP contribution >= 0.6 is 11.3 Å². The van der Waals surface area contributed by atoms with Crippen molar-refractivity contribution in [2.24, 2.45) is 0 Å². The van der Waals surface area contributed by atoms with E-state index in [-0.39, 0.29) is 11.9 Å². The fraction of sp³-hybridized carbons (Fsp3) is 0.353. The molecule has 1 heterocycles. The number of hydrogen-bond acceptors (Lipinski definition) is 2. The average molecular weight is 323 g/mol. The Labute approximate surface area is 133 Å². The normalized spacial score (nSPS) is 12.3. The van der Waals surface area contributed by atoms with E-state index in [4.69, 9.17) is 0 Å². The predicted octanol–water partition coefficient (Wildman–Crippen LogP) is 4.73. The third kappa shape index (κ3) is 3.19. The lowest BCUT2D eigenvalue weighted by atomic mass is 10.1. The second kappa shape index (κ2) is 6.57. The van der Waals surface area contributed by atoms with Crippen LogP contribution in [0.15, 0.2) is 24.3 Å². The highest BCUT2D eigenvalue weighted by Gasteiger charge is 2.22. The van der Waals surface area contributed by atoms with Crippen LogP contribution in [0, 0.1) is 18.6 Å². The maximum atomic E-state index is 13.4. The molecular formula is C17H19F2NOS. The smallest absolute Gasteiger partial charge is 0.264 e. The van der Waals surface area contributed by atoms with Crippen molar-refractivity contribution in [3.63, 3.8) is 0 Å². The van der Waals surface area contributed by atoms with Gasteiger partial charge in [-0.05, 0) is 49.6 Å². The number of carbonyl (C=O) groups is 1. The molecule has 118 valence electrons. The van der Waals surface area contributed by atoms with Gasteiger partial charge in [0.05, 0.1) is 10.9 Å². The molecule has 5 heteroatoms. The quantitative estimate of drug-likeness (QED) is 0.796. The Balaban J connectivity index is 2.23. The van der Waals surface area contributed by atoms with Crippen LogP contribution in [0.4, 0.5) is 8.78 Å². The molecule has 0 aliphatic carbocycles. The lowest BCUT2D eigenvalue weighted by Gasteiger charge is -2.25. The zero-order chi connectivity index (χ0) is 16.4. The predicted molar refractivity (Wildman–Crippen MR) is 85.3 cm³/mol. The zero-order valence-electron chi connectivity index (χ0n) is 13.1. The van der Waals surface area contributed by atoms with E-state index >= 15 is 0 Å². The maximum absolute atomic E-state index is 13.4. The second-order valence-electron chi connectivity index (χ2n) is 5.34. The fourth-order valence-corrected chi connectivity index (χ4v) is 3.42. The molecule has 0 saturated carbocycles. The van der Waals surface area contributed by atoms with Crippen molar-refractivity contribution in [2.45, 2.75) is 33.2 Å². The molecule has 0 aliphatic rings. The first-order chi connectivity index (χ1) is 10.3. The van der Waals surface area contributed by atoms with Crippen molar-refractivity contribution in [2.75, 3.05) is 7.05 Å². The minimum Gasteiger partial charge on any atom is -0.334 e. The first-order valence-electron chi connectivity index (χ1n) is 7.16. The van der Waals surface area contributed by atoms with Gasteiger partial charge in [-0.2, -0.15) is 0 Å². The second-order valence-corrected chi connectivity index (χ2v) is 6.47. The molecular weight excluding hydrogens is 304 g/mol. The number of nitrogens with zero attached hydrogens (tertiary/aromatic N) is 1. The molecule has 1 amide bonds. The summed E-state index contributed by atoms with van der Waals surface area (Å²) in [4.78, 5) is 16.0. The molecule has 2 aromatic rings. The summed E-state index contributed by atoms with van der Waals surface area (Å²) in [6.07, 6.45) is 0.895. The SMILES string of the molecule is CCc1sc(C(=O)N(C)C(C)c2ccc(F)c(F)c2)cc1C. The Bertz CT molecular complexity index is 696. The van der Waals surface area contributed by atoms with Crippen LogP contribution in [0.5, 0.6) is 0 Å². The van der Waals surface area contributed by atoms with Crippen LogP contribution in [-0.2, 0) is 6.42 Å². The molecule has 1 aromatic heterocycles. The molecule has 0 saturated heterocycles. The van der Waals surface area contributed by atoms with Crippen LogP contribution in [-0.4, -0.2) is 17.9 Å². The molecule has 0 spiro atoms. The summed E-state index contributed by atoms with van der Waals surface area (Å²) < 4.78 is 26.4. The van der Waals surface area contributed by atoms with Gasteiger partial charge < -0.3 is 4.90 Å². The molecule has 0 bridgehead atoms. The third-order valence-electron chi connectivity index (χ3n) is 3.88. The summed E-state index contributed by atoms with van der Waals surface area (Å²) in [6.45, 7) is 5.84. The number of halogens is 2. The lowest BCUT2D eigenvalue weighted by Crippen LogP contribution is -2.29. The molecule has 22 heavy (non-hydrogen) atoms. The third-order valence-corrected chi connectivity index (χ3v) is 5.25. The van der Waals surface area contributed by atoms with E-state index in [1.54, 1.807) is 18.9 Å². The molecule has 0 aliphatic heterocycles. The average Bonchev–Trinajstić information content (AvgIpc) is 2.88. The summed E-state index contributed by atoms with van der Waals surface area (Å²) in [5.41, 5.74) is 1.68. The summed E-state index contributed by atoms with van der Waals surface area (Å²) in [6, 6.07) is 5.28. The standard InChI is InChI=1S/C17H19F2NOS/c1-5-15-10(2)8-16(22-15)17(21)20(4)11(3)12-6-7-13(18)14(19)9-12/h6-9,11H,5H2,1-4H3. The van der Waals surface area contributed by atoms with Crippen molar-refractivity contribution < 1.29 is 13.6 Å². The van der Waals surface area contributed by atoms with Gasteiger partial charge in [0.1, 0.15) is 0 Å². The Kier molecular flexibility index (Phi) is 4.96. The van der Waals surface area contributed by atoms with Gasteiger partial charge in [-0.15, -0.1) is 11.3 Å². The molecule has 0 fully saturated rings. The Morgan fingerprint density at radius 1 is 1.27 bits per heavy atom. The van der Waals surface area contributed by atoms with Gasteiger partial charge in [0.2, 0.25) is 0 Å². The number of benzene rings is 1. The zero-order valence-corrected chi connectivity index (χ0v) is 13.9. The molecule has 0 radical (unpaired) electrons. The topological polar surface area (TPSA) is 20.3 Å². The molecule has 2 rings (SSSR count). The largest absolute Gasteiger partial charge is 0.334 e. The van der Waals surface area contributed by atoms with Crippen molar-refractivity contribution in [3.8, 4) is 0 Å². The van der Waals surface area contributed by atoms with E-state index in [2.05, 4.69) is 6.92 Å². The van der Waals surface area contributed by atoms with E-state index in [1.165, 1.54) is 22.3 Å². The highest BCUT2D eigenvalue weighted by atomic mass is 32.1. The van der Waals surface area contributed by atoms with E-state index in [1.807, 2.05) is 13.0 Å². The van der Waals surface area contributed by atoms with Crippen molar-refractivity contribution >= 4 is 17.2 Å². The highest BCUT2D eigenvalue weighted by Crippen LogP contribution is 2.27. The van der Waals surface area contributed by atoms with Gasteiger partial charge in [-0.25, -0.2) is 8.78 Å². The minimum atomic E-state index is -0.898. The van der Waals surface area contributed by atoms with Gasteiger partial charge in [0.25, 0.3) is 5.91 Å². The summed E-state index contributed by atoms with van der Waals surface area (Å²) >= 11 is 1.49. The van der Waals surface area contributed by atoms with Crippen molar-refractivity contribution in [1.29, 1.82) is 0 Å². The first kappa shape index (κ1) is 16.6. The summed E-state index contributed by atoms with van der Waals surface area (Å²) in [5.74, 6) is -1.89. The van der Waals surface area contributed by atoms with E-state index in [0.29, 0.717) is 10.4 Å². The van der Waals surface area contributed by atoms with Gasteiger partial charge >= 0.3 is 0 Å². The Morgan fingerprint density at radius 2 is 1.95 bits per heavy atom. The Hall–Kier alpha value is -1.75. The molecule has 1 unspecified atom stereocenters. The van der Waals surface area contributed by atoms with E-state index in [9.17, 15) is 13.6 Å². The number of hydrogen-bond donors (Lipinski definition) is 0. The number of aryl methyl sites for hydroxylation is 2. The number of amides is 1. The van der Waals surface area contributed by atoms with Gasteiger partial charge in [-0.1, -0.05) is 13.0 Å². The number of rotatable bonds is 4. The minimum absolute atomic E-state index is 0.106. The summed E-state index contributed by atoms with van der Waals surface area (Å²) in [5, 5.41) is 0. The van der Waals surface area contributed by atoms with Crippen LogP contribution in [0.1, 0.15) is 45.6 Å². The maximum Gasteiger partial charge on any atom is 0.264 e. The van der Waals surface area contributed by atoms with Crippen LogP contribution in [0.2, 0.25) is 0 Å². The molecule has 1 atom stereocenters. The fourth-order valence-electron chi connectivity index (χ4n) is 2.32. The van der Waals surface area contributed by atoms with Crippen LogP contribution < -0.4 is 0 Å². The monoisotopic (exact) mass is 323 g/mol. The van der Waals surface area contributed by atoms with Gasteiger partial charge in [0.15, 0.2) is 11.6 Å². The van der Waals surface area contributed by atoms with Crippen molar-refractivity contribution in [1.82, 2.24) is 4.90 Å².